The second kappa shape index (κ2) is 8.67. The van der Waals surface area contributed by atoms with Gasteiger partial charge in [-0.15, -0.1) is 11.3 Å². The van der Waals surface area contributed by atoms with Crippen LogP contribution < -0.4 is 15.4 Å². The summed E-state index contributed by atoms with van der Waals surface area (Å²) in [5.74, 6) is 0.614. The van der Waals surface area contributed by atoms with E-state index >= 15 is 0 Å². The summed E-state index contributed by atoms with van der Waals surface area (Å²) in [7, 11) is -3.81. The van der Waals surface area contributed by atoms with E-state index in [1.54, 1.807) is 13.2 Å². The molecule has 0 saturated heterocycles. The smallest absolute Gasteiger partial charge is 0.253 e. The van der Waals surface area contributed by atoms with Crippen molar-refractivity contribution >= 4 is 49.8 Å². The molecule has 1 unspecified atom stereocenters. The Balaban J connectivity index is 1.86. The fourth-order valence-electron chi connectivity index (χ4n) is 2.61. The Labute approximate surface area is 175 Å². The highest BCUT2D eigenvalue weighted by Crippen LogP contribution is 2.40. The van der Waals surface area contributed by atoms with E-state index in [0.717, 1.165) is 16.9 Å². The van der Waals surface area contributed by atoms with E-state index in [2.05, 4.69) is 24.1 Å². The molecule has 2 atom stereocenters. The van der Waals surface area contributed by atoms with Crippen LogP contribution in [0.25, 0.3) is 0 Å². The van der Waals surface area contributed by atoms with E-state index in [1.807, 2.05) is 19.9 Å². The van der Waals surface area contributed by atoms with Crippen molar-refractivity contribution in [1.29, 1.82) is 0 Å². The topological polar surface area (TPSA) is 152 Å². The van der Waals surface area contributed by atoms with Gasteiger partial charge < -0.3 is 24.7 Å². The first-order chi connectivity index (χ1) is 13.7. The lowest BCUT2D eigenvalue weighted by molar-refractivity contribution is 0.465. The zero-order valence-corrected chi connectivity index (χ0v) is 18.4. The summed E-state index contributed by atoms with van der Waals surface area (Å²) in [5.41, 5.74) is 1.10. The van der Waals surface area contributed by atoms with Gasteiger partial charge >= 0.3 is 0 Å². The van der Waals surface area contributed by atoms with Crippen molar-refractivity contribution in [3.05, 3.63) is 29.0 Å². The number of hydrogen-bond acceptors (Lipinski definition) is 10. The average molecular weight is 460 g/mol. The summed E-state index contributed by atoms with van der Waals surface area (Å²) in [6.45, 7) is 5.70. The van der Waals surface area contributed by atoms with Crippen LogP contribution in [0.2, 0.25) is 0 Å². The summed E-state index contributed by atoms with van der Waals surface area (Å²) in [6.07, 6.45) is 2.30. The van der Waals surface area contributed by atoms with Gasteiger partial charge in [-0.05, 0) is 25.0 Å². The van der Waals surface area contributed by atoms with Gasteiger partial charge in [-0.1, -0.05) is 13.8 Å². The van der Waals surface area contributed by atoms with Gasteiger partial charge in [0.05, 0.1) is 18.0 Å². The van der Waals surface area contributed by atoms with Crippen LogP contribution in [0.4, 0.5) is 17.3 Å². The van der Waals surface area contributed by atoms with Crippen LogP contribution in [0.1, 0.15) is 37.6 Å². The van der Waals surface area contributed by atoms with Crippen LogP contribution in [0.3, 0.4) is 0 Å². The summed E-state index contributed by atoms with van der Waals surface area (Å²) >= 11 is -0.977. The summed E-state index contributed by atoms with van der Waals surface area (Å²) in [6, 6.07) is 1.66. The van der Waals surface area contributed by atoms with Gasteiger partial charge in [0.15, 0.2) is 21.1 Å². The largest absolute Gasteiger partial charge is 0.546 e. The second-order valence-electron chi connectivity index (χ2n) is 6.15. The zero-order valence-electron chi connectivity index (χ0n) is 15.9. The van der Waals surface area contributed by atoms with Crippen LogP contribution in [0.15, 0.2) is 26.3 Å². The van der Waals surface area contributed by atoms with Crippen LogP contribution in [0, 0.1) is 6.92 Å². The minimum absolute atomic E-state index is 0.125. The van der Waals surface area contributed by atoms with Crippen LogP contribution in [-0.2, 0) is 10.0 Å². The molecule has 0 amide bonds. The third-order valence-corrected chi connectivity index (χ3v) is 7.68. The second-order valence-corrected chi connectivity index (χ2v) is 9.82. The number of thiophene rings is 1. The third kappa shape index (κ3) is 4.70. The SMILES string of the molecule is CCNS(=O)(=O)c1scc(Nc2n[s+]([O-])nc2N[C@H](CC)c2cc(C)co2)c1O. The molecule has 29 heavy (non-hydrogen) atoms. The molecule has 3 aromatic heterocycles. The van der Waals surface area contributed by atoms with Crippen LogP contribution in [0.5, 0.6) is 5.75 Å². The molecule has 0 radical (unpaired) electrons. The Hall–Kier alpha value is -2.19. The highest BCUT2D eigenvalue weighted by Gasteiger charge is 2.26. The Morgan fingerprint density at radius 3 is 2.69 bits per heavy atom. The molecule has 13 heteroatoms. The van der Waals surface area contributed by atoms with Crippen LogP contribution in [-0.4, -0.2) is 33.4 Å². The number of nitrogens with zero attached hydrogens (tertiary/aromatic N) is 2. The number of anilines is 3. The van der Waals surface area contributed by atoms with Crippen molar-refractivity contribution < 1.29 is 22.5 Å². The Morgan fingerprint density at radius 1 is 1.34 bits per heavy atom. The molecule has 3 rings (SSSR count). The van der Waals surface area contributed by atoms with E-state index in [4.69, 9.17) is 4.42 Å². The van der Waals surface area contributed by atoms with Gasteiger partial charge in [0.2, 0.25) is 11.6 Å². The fourth-order valence-corrected chi connectivity index (χ4v) is 5.56. The fraction of sp³-hybridized carbons (Fsp3) is 0.375. The lowest BCUT2D eigenvalue weighted by Gasteiger charge is -2.13. The number of sulfonamides is 1. The van der Waals surface area contributed by atoms with Gasteiger partial charge in [0.1, 0.15) is 5.76 Å². The molecule has 0 bridgehead atoms. The molecule has 0 spiro atoms. The number of furan rings is 1. The Morgan fingerprint density at radius 2 is 2.07 bits per heavy atom. The van der Waals surface area contributed by atoms with Crippen molar-refractivity contribution in [2.75, 3.05) is 17.2 Å². The Bertz CT molecular complexity index is 1090. The minimum Gasteiger partial charge on any atom is -0.546 e. The number of aryl methyl sites for hydroxylation is 1. The molecule has 0 aromatic carbocycles. The van der Waals surface area contributed by atoms with E-state index in [1.165, 1.54) is 5.38 Å². The maximum Gasteiger partial charge on any atom is 0.253 e. The zero-order chi connectivity index (χ0) is 21.2. The van der Waals surface area contributed by atoms with Gasteiger partial charge in [0, 0.05) is 20.7 Å². The molecule has 0 saturated carbocycles. The van der Waals surface area contributed by atoms with E-state index in [-0.39, 0.29) is 34.1 Å². The maximum atomic E-state index is 12.1. The number of aromatic nitrogens is 2. The molecule has 3 heterocycles. The van der Waals surface area contributed by atoms with Gasteiger partial charge in [-0.3, -0.25) is 0 Å². The molecule has 0 aliphatic carbocycles. The molecule has 0 aliphatic heterocycles. The molecule has 158 valence electrons. The van der Waals surface area contributed by atoms with Crippen molar-refractivity contribution in [1.82, 2.24) is 13.5 Å². The molecule has 0 fully saturated rings. The van der Waals surface area contributed by atoms with E-state index in [9.17, 15) is 18.1 Å². The predicted molar refractivity (Wildman–Crippen MR) is 111 cm³/mol. The predicted octanol–water partition coefficient (Wildman–Crippen LogP) is 3.48. The summed E-state index contributed by atoms with van der Waals surface area (Å²) in [5, 5.41) is 17.7. The highest BCUT2D eigenvalue weighted by atomic mass is 32.2. The van der Waals surface area contributed by atoms with Crippen LogP contribution >= 0.6 is 22.5 Å². The summed E-state index contributed by atoms with van der Waals surface area (Å²) < 4.78 is 51.7. The lowest BCUT2D eigenvalue weighted by atomic mass is 10.1. The number of hydrogen-bond donors (Lipinski definition) is 4. The molecule has 4 N–H and O–H groups in total. The standard InChI is InChI=1S/C16H21N5O5S3/c1-4-10(12-6-9(3)7-26-12)18-14-15(21-28(23)20-14)19-11-8-27-16(13(11)22)29(24,25)17-5-2/h6-8,10,17,22H,4-5H2,1-3H3,(H,18,20)(H,19,21)/t10-,28?/m1/s1. The maximum absolute atomic E-state index is 12.1. The van der Waals surface area contributed by atoms with E-state index < -0.39 is 26.9 Å². The van der Waals surface area contributed by atoms with Crippen molar-refractivity contribution in [3.8, 4) is 5.75 Å². The molecule has 3 aromatic rings. The molecule has 10 nitrogen and oxygen atoms in total. The van der Waals surface area contributed by atoms with Crippen molar-refractivity contribution in [2.45, 2.75) is 37.4 Å². The first-order valence-electron chi connectivity index (χ1n) is 8.73. The third-order valence-electron chi connectivity index (χ3n) is 3.94. The molecular formula is C16H21N5O5S3. The highest BCUT2D eigenvalue weighted by molar-refractivity contribution is 7.91. The normalized spacial score (nSPS) is 13.4. The number of rotatable bonds is 9. The number of aromatic hydroxyl groups is 1. The van der Waals surface area contributed by atoms with Gasteiger partial charge in [-0.25, -0.2) is 13.1 Å². The Kier molecular flexibility index (Phi) is 6.43. The molecule has 0 aliphatic rings. The van der Waals surface area contributed by atoms with Crippen molar-refractivity contribution in [2.24, 2.45) is 0 Å². The number of nitrogens with one attached hydrogen (secondary N) is 3. The quantitative estimate of drug-likeness (QED) is 0.352. The lowest BCUT2D eigenvalue weighted by Crippen LogP contribution is -2.22. The average Bonchev–Trinajstić information content (AvgIpc) is 3.33. The monoisotopic (exact) mass is 459 g/mol. The summed E-state index contributed by atoms with van der Waals surface area (Å²) in [4.78, 5) is 0. The first-order valence-corrected chi connectivity index (χ1v) is 12.2. The molecular weight excluding hydrogens is 438 g/mol. The van der Waals surface area contributed by atoms with E-state index in [0.29, 0.717) is 12.2 Å². The van der Waals surface area contributed by atoms with Crippen molar-refractivity contribution in [3.63, 3.8) is 0 Å². The first kappa shape index (κ1) is 21.5. The van der Waals surface area contributed by atoms with Gasteiger partial charge in [0.25, 0.3) is 10.0 Å². The minimum atomic E-state index is -3.81. The van der Waals surface area contributed by atoms with Gasteiger partial charge in [-0.2, -0.15) is 0 Å².